The summed E-state index contributed by atoms with van der Waals surface area (Å²) in [5.74, 6) is 2.64. The number of epoxide rings is 1. The summed E-state index contributed by atoms with van der Waals surface area (Å²) in [5.41, 5.74) is 0.517. The third-order valence-corrected chi connectivity index (χ3v) is 5.57. The molecule has 3 saturated carbocycles. The maximum absolute atomic E-state index is 11.7. The zero-order valence-corrected chi connectivity index (χ0v) is 10.8. The number of carbonyl (C=O) groups is 1. The highest BCUT2D eigenvalue weighted by Crippen LogP contribution is 2.62. The van der Waals surface area contributed by atoms with Gasteiger partial charge < -0.3 is 9.47 Å². The van der Waals surface area contributed by atoms with Crippen molar-refractivity contribution in [2.24, 2.45) is 23.7 Å². The van der Waals surface area contributed by atoms with Crippen molar-refractivity contribution in [3.63, 3.8) is 0 Å². The van der Waals surface area contributed by atoms with E-state index in [0.29, 0.717) is 23.7 Å². The van der Waals surface area contributed by atoms with Crippen molar-refractivity contribution in [1.29, 1.82) is 0 Å². The monoisotopic (exact) mass is 248 g/mol. The van der Waals surface area contributed by atoms with E-state index in [1.807, 2.05) is 0 Å². The predicted octanol–water partition coefficient (Wildman–Crippen LogP) is 2.31. The second kappa shape index (κ2) is 3.60. The molecule has 4 aliphatic rings. The molecule has 0 radical (unpaired) electrons. The van der Waals surface area contributed by atoms with Gasteiger partial charge in [0.1, 0.15) is 6.10 Å². The van der Waals surface area contributed by atoms with E-state index >= 15 is 0 Å². The maximum atomic E-state index is 11.7. The molecular formula is C15H20O3. The van der Waals surface area contributed by atoms with Gasteiger partial charge in [-0.05, 0) is 56.3 Å². The number of esters is 1. The Morgan fingerprint density at radius 1 is 1.28 bits per heavy atom. The Morgan fingerprint density at radius 3 is 2.89 bits per heavy atom. The van der Waals surface area contributed by atoms with Crippen molar-refractivity contribution in [3.8, 4) is 0 Å². The van der Waals surface area contributed by atoms with Crippen LogP contribution in [0.1, 0.15) is 32.6 Å². The van der Waals surface area contributed by atoms with Gasteiger partial charge in [0.05, 0.1) is 12.2 Å². The molecule has 1 heterocycles. The zero-order chi connectivity index (χ0) is 12.4. The lowest BCUT2D eigenvalue weighted by atomic mass is 9.70. The summed E-state index contributed by atoms with van der Waals surface area (Å²) < 4.78 is 11.4. The molecule has 0 N–H and O–H groups in total. The number of rotatable bonds is 2. The van der Waals surface area contributed by atoms with Gasteiger partial charge in [0.25, 0.3) is 0 Å². The van der Waals surface area contributed by atoms with Gasteiger partial charge in [-0.2, -0.15) is 0 Å². The first kappa shape index (κ1) is 11.0. The molecule has 2 bridgehead atoms. The van der Waals surface area contributed by atoms with Gasteiger partial charge in [0, 0.05) is 5.57 Å². The van der Waals surface area contributed by atoms with Gasteiger partial charge in [-0.1, -0.05) is 6.58 Å². The second-order valence-corrected chi connectivity index (χ2v) is 6.58. The van der Waals surface area contributed by atoms with Crippen molar-refractivity contribution < 1.29 is 14.3 Å². The van der Waals surface area contributed by atoms with Crippen molar-refractivity contribution in [1.82, 2.24) is 0 Å². The first-order valence-corrected chi connectivity index (χ1v) is 7.17. The standard InChI is InChI=1S/C15H20O3/c1-7(2)15(16)18-12-6-8-5-10(12)9-3-4-11-14(17-11)13(8)9/h8-14H,1,3-6H2,2H3. The second-order valence-electron chi connectivity index (χ2n) is 6.58. The SMILES string of the molecule is C=C(C)C(=O)OC1CC2CC1C1CCC3OC3C21. The van der Waals surface area contributed by atoms with Crippen molar-refractivity contribution >= 4 is 5.97 Å². The number of ether oxygens (including phenoxy) is 2. The fourth-order valence-electron chi connectivity index (χ4n) is 4.85. The van der Waals surface area contributed by atoms with Gasteiger partial charge in [0.15, 0.2) is 0 Å². The van der Waals surface area contributed by atoms with Crippen LogP contribution in [0, 0.1) is 23.7 Å². The van der Waals surface area contributed by atoms with Crippen LogP contribution < -0.4 is 0 Å². The molecule has 1 aliphatic heterocycles. The topological polar surface area (TPSA) is 38.8 Å². The van der Waals surface area contributed by atoms with Crippen molar-refractivity contribution in [3.05, 3.63) is 12.2 Å². The van der Waals surface area contributed by atoms with E-state index in [-0.39, 0.29) is 12.1 Å². The number of fused-ring (bicyclic) bond motifs is 7. The van der Waals surface area contributed by atoms with Crippen LogP contribution in [0.5, 0.6) is 0 Å². The van der Waals surface area contributed by atoms with Crippen molar-refractivity contribution in [2.45, 2.75) is 50.9 Å². The van der Waals surface area contributed by atoms with Crippen LogP contribution in [-0.4, -0.2) is 24.3 Å². The van der Waals surface area contributed by atoms with Crippen LogP contribution in [0.25, 0.3) is 0 Å². The van der Waals surface area contributed by atoms with E-state index in [1.54, 1.807) is 6.92 Å². The summed E-state index contributed by atoms with van der Waals surface area (Å²) in [7, 11) is 0. The lowest BCUT2D eigenvalue weighted by Crippen LogP contribution is -2.39. The number of carbonyl (C=O) groups excluding carboxylic acids is 1. The largest absolute Gasteiger partial charge is 0.459 e. The fraction of sp³-hybridized carbons (Fsp3) is 0.800. The number of hydrogen-bond donors (Lipinski definition) is 0. The Bertz CT molecular complexity index is 416. The van der Waals surface area contributed by atoms with E-state index in [9.17, 15) is 4.79 Å². The summed E-state index contributed by atoms with van der Waals surface area (Å²) in [6.07, 6.45) is 6.06. The summed E-state index contributed by atoms with van der Waals surface area (Å²) in [5, 5.41) is 0. The maximum Gasteiger partial charge on any atom is 0.333 e. The van der Waals surface area contributed by atoms with E-state index in [4.69, 9.17) is 9.47 Å². The van der Waals surface area contributed by atoms with Crippen LogP contribution in [0.3, 0.4) is 0 Å². The normalized spacial score (nSPS) is 51.5. The quantitative estimate of drug-likeness (QED) is 0.427. The van der Waals surface area contributed by atoms with Crippen LogP contribution in [0.2, 0.25) is 0 Å². The summed E-state index contributed by atoms with van der Waals surface area (Å²) in [4.78, 5) is 11.7. The third-order valence-electron chi connectivity index (χ3n) is 5.57. The van der Waals surface area contributed by atoms with Gasteiger partial charge in [0.2, 0.25) is 0 Å². The Labute approximate surface area is 108 Å². The minimum absolute atomic E-state index is 0.149. The van der Waals surface area contributed by atoms with Crippen LogP contribution in [-0.2, 0) is 14.3 Å². The van der Waals surface area contributed by atoms with Crippen LogP contribution in [0.15, 0.2) is 12.2 Å². The average Bonchev–Trinajstić information content (AvgIpc) is 2.91. The highest BCUT2D eigenvalue weighted by Gasteiger charge is 2.63. The molecule has 1 saturated heterocycles. The molecule has 3 aliphatic carbocycles. The van der Waals surface area contributed by atoms with Crippen LogP contribution in [0.4, 0.5) is 0 Å². The van der Waals surface area contributed by atoms with Gasteiger partial charge in [-0.15, -0.1) is 0 Å². The summed E-state index contributed by atoms with van der Waals surface area (Å²) >= 11 is 0. The number of hydrogen-bond acceptors (Lipinski definition) is 3. The predicted molar refractivity (Wildman–Crippen MR) is 65.8 cm³/mol. The minimum atomic E-state index is -0.208. The summed E-state index contributed by atoms with van der Waals surface area (Å²) in [6.45, 7) is 5.39. The molecule has 7 unspecified atom stereocenters. The third kappa shape index (κ3) is 1.43. The van der Waals surface area contributed by atoms with Gasteiger partial charge in [-0.3, -0.25) is 0 Å². The molecule has 0 aromatic rings. The molecule has 3 heteroatoms. The molecule has 7 atom stereocenters. The lowest BCUT2D eigenvalue weighted by Gasteiger charge is -2.36. The summed E-state index contributed by atoms with van der Waals surface area (Å²) in [6, 6.07) is 0. The molecule has 4 rings (SSSR count). The van der Waals surface area contributed by atoms with Crippen LogP contribution >= 0.6 is 0 Å². The smallest absolute Gasteiger partial charge is 0.333 e. The Morgan fingerprint density at radius 2 is 2.11 bits per heavy atom. The molecule has 0 spiro atoms. The lowest BCUT2D eigenvalue weighted by molar-refractivity contribution is -0.148. The molecule has 0 amide bonds. The van der Waals surface area contributed by atoms with E-state index in [0.717, 1.165) is 24.2 Å². The molecule has 98 valence electrons. The Hall–Kier alpha value is -0.830. The minimum Gasteiger partial charge on any atom is -0.459 e. The Kier molecular flexibility index (Phi) is 2.20. The van der Waals surface area contributed by atoms with E-state index < -0.39 is 0 Å². The Balaban J connectivity index is 1.48. The van der Waals surface area contributed by atoms with E-state index in [1.165, 1.54) is 19.3 Å². The molecule has 18 heavy (non-hydrogen) atoms. The van der Waals surface area contributed by atoms with Gasteiger partial charge in [-0.25, -0.2) is 4.79 Å². The molecule has 0 aromatic carbocycles. The highest BCUT2D eigenvalue weighted by atomic mass is 16.6. The first-order valence-electron chi connectivity index (χ1n) is 7.17. The molecule has 4 fully saturated rings. The average molecular weight is 248 g/mol. The molecule has 0 aromatic heterocycles. The van der Waals surface area contributed by atoms with E-state index in [2.05, 4.69) is 6.58 Å². The highest BCUT2D eigenvalue weighted by molar-refractivity contribution is 5.87. The van der Waals surface area contributed by atoms with Gasteiger partial charge >= 0.3 is 5.97 Å². The fourth-order valence-corrected chi connectivity index (χ4v) is 4.85. The molecule has 3 nitrogen and oxygen atoms in total. The zero-order valence-electron chi connectivity index (χ0n) is 10.8. The van der Waals surface area contributed by atoms with Crippen molar-refractivity contribution in [2.75, 3.05) is 0 Å². The first-order chi connectivity index (χ1) is 8.65. The molecular weight excluding hydrogens is 228 g/mol.